The van der Waals surface area contributed by atoms with Crippen molar-refractivity contribution in [3.63, 3.8) is 0 Å². The van der Waals surface area contributed by atoms with Crippen molar-refractivity contribution in [1.29, 1.82) is 0 Å². The van der Waals surface area contributed by atoms with E-state index < -0.39 is 0 Å². The third-order valence-corrected chi connectivity index (χ3v) is 3.17. The number of rotatable bonds is 5. The van der Waals surface area contributed by atoms with Gasteiger partial charge in [-0.2, -0.15) is 0 Å². The predicted molar refractivity (Wildman–Crippen MR) is 84.4 cm³/mol. The molecule has 1 aromatic heterocycles. The van der Waals surface area contributed by atoms with E-state index in [1.807, 2.05) is 0 Å². The first-order valence-corrected chi connectivity index (χ1v) is 6.94. The van der Waals surface area contributed by atoms with E-state index in [4.69, 9.17) is 17.3 Å². The zero-order chi connectivity index (χ0) is 15.2. The van der Waals surface area contributed by atoms with Crippen molar-refractivity contribution in [1.82, 2.24) is 4.57 Å². The number of carbonyl (C=O) groups excluding carboxylic acids is 1. The Morgan fingerprint density at radius 2 is 1.90 bits per heavy atom. The summed E-state index contributed by atoms with van der Waals surface area (Å²) in [5, 5.41) is 3.27. The lowest BCUT2D eigenvalue weighted by molar-refractivity contribution is -0.116. The van der Waals surface area contributed by atoms with Gasteiger partial charge < -0.3 is 15.6 Å². The fraction of sp³-hybridized carbons (Fsp3) is 0.200. The molecular formula is C15H16ClN3O2. The van der Waals surface area contributed by atoms with Crippen molar-refractivity contribution in [2.45, 2.75) is 19.4 Å². The molecule has 0 saturated carbocycles. The van der Waals surface area contributed by atoms with E-state index in [1.165, 1.54) is 10.6 Å². The normalized spacial score (nSPS) is 10.3. The third-order valence-electron chi connectivity index (χ3n) is 2.94. The number of aryl methyl sites for hydroxylation is 1. The number of nitrogens with one attached hydrogen (secondary N) is 1. The van der Waals surface area contributed by atoms with E-state index in [9.17, 15) is 9.59 Å². The molecule has 0 saturated heterocycles. The molecule has 2 aromatic rings. The maximum absolute atomic E-state index is 11.8. The Labute approximate surface area is 127 Å². The molecular weight excluding hydrogens is 290 g/mol. The van der Waals surface area contributed by atoms with Crippen molar-refractivity contribution in [2.24, 2.45) is 0 Å². The van der Waals surface area contributed by atoms with Crippen molar-refractivity contribution in [3.8, 4) is 0 Å². The van der Waals surface area contributed by atoms with Crippen molar-refractivity contribution >= 4 is 28.9 Å². The number of amides is 1. The van der Waals surface area contributed by atoms with Gasteiger partial charge in [0.15, 0.2) is 0 Å². The molecule has 3 N–H and O–H groups in total. The highest BCUT2D eigenvalue weighted by Gasteiger charge is 2.03. The first kappa shape index (κ1) is 15.1. The summed E-state index contributed by atoms with van der Waals surface area (Å²) in [5.41, 5.74) is 6.80. The Kier molecular flexibility index (Phi) is 5.00. The van der Waals surface area contributed by atoms with E-state index in [2.05, 4.69) is 5.32 Å². The molecule has 6 heteroatoms. The van der Waals surface area contributed by atoms with Gasteiger partial charge in [0.25, 0.3) is 5.56 Å². The molecule has 5 nitrogen and oxygen atoms in total. The predicted octanol–water partition coefficient (Wildman–Crippen LogP) is 2.50. The summed E-state index contributed by atoms with van der Waals surface area (Å²) in [6.45, 7) is 0.453. The molecule has 0 aliphatic rings. The lowest BCUT2D eigenvalue weighted by Crippen LogP contribution is -2.19. The molecule has 0 spiro atoms. The Hall–Kier alpha value is -2.27. The average molecular weight is 306 g/mol. The van der Waals surface area contributed by atoms with Gasteiger partial charge in [-0.3, -0.25) is 9.59 Å². The molecule has 21 heavy (non-hydrogen) atoms. The minimum absolute atomic E-state index is 0.102. The number of aromatic nitrogens is 1. The number of nitrogens with zero attached hydrogens (tertiary/aromatic N) is 1. The lowest BCUT2D eigenvalue weighted by Gasteiger charge is -2.07. The van der Waals surface area contributed by atoms with Gasteiger partial charge in [0.05, 0.1) is 5.02 Å². The van der Waals surface area contributed by atoms with E-state index in [1.54, 1.807) is 36.5 Å². The molecule has 0 aliphatic heterocycles. The number of carbonyl (C=O) groups is 1. The zero-order valence-electron chi connectivity index (χ0n) is 11.4. The molecule has 2 rings (SSSR count). The Morgan fingerprint density at radius 1 is 1.19 bits per heavy atom. The van der Waals surface area contributed by atoms with Gasteiger partial charge in [-0.05, 0) is 36.8 Å². The van der Waals surface area contributed by atoms with Crippen molar-refractivity contribution in [2.75, 3.05) is 11.1 Å². The quantitative estimate of drug-likeness (QED) is 0.833. The number of hydrogen-bond donors (Lipinski definition) is 2. The number of benzene rings is 1. The summed E-state index contributed by atoms with van der Waals surface area (Å²) in [6.07, 6.45) is 2.45. The van der Waals surface area contributed by atoms with Crippen LogP contribution >= 0.6 is 11.6 Å². The first-order valence-electron chi connectivity index (χ1n) is 6.56. The van der Waals surface area contributed by atoms with Gasteiger partial charge in [0, 0.05) is 36.6 Å². The van der Waals surface area contributed by atoms with Crippen molar-refractivity contribution in [3.05, 3.63) is 58.0 Å². The second-order valence-corrected chi connectivity index (χ2v) is 5.09. The van der Waals surface area contributed by atoms with Gasteiger partial charge in [0.1, 0.15) is 0 Å². The Morgan fingerprint density at radius 3 is 2.62 bits per heavy atom. The minimum atomic E-state index is -0.127. The third kappa shape index (κ3) is 4.65. The lowest BCUT2D eigenvalue weighted by atomic mass is 10.2. The summed E-state index contributed by atoms with van der Waals surface area (Å²) in [5.74, 6) is -0.102. The van der Waals surface area contributed by atoms with E-state index in [-0.39, 0.29) is 11.5 Å². The molecule has 0 atom stereocenters. The highest BCUT2D eigenvalue weighted by atomic mass is 35.5. The molecule has 0 fully saturated rings. The van der Waals surface area contributed by atoms with Crippen LogP contribution < -0.4 is 16.6 Å². The van der Waals surface area contributed by atoms with E-state index >= 15 is 0 Å². The van der Waals surface area contributed by atoms with Crippen molar-refractivity contribution < 1.29 is 4.79 Å². The van der Waals surface area contributed by atoms with Crippen LogP contribution in [0.2, 0.25) is 5.02 Å². The molecule has 0 unspecified atom stereocenters. The summed E-state index contributed by atoms with van der Waals surface area (Å²) in [6, 6.07) is 9.90. The Bertz CT molecular complexity index is 680. The molecule has 0 aliphatic carbocycles. The second-order valence-electron chi connectivity index (χ2n) is 4.65. The van der Waals surface area contributed by atoms with Gasteiger partial charge in [-0.25, -0.2) is 0 Å². The molecule has 1 heterocycles. The number of hydrogen-bond acceptors (Lipinski definition) is 3. The standard InChI is InChI=1S/C15H16ClN3O2/c16-11-3-8-15(21)19(10-11)9-1-2-14(20)18-13-6-4-12(17)5-7-13/h3-8,10H,1-2,9,17H2,(H,18,20). The maximum atomic E-state index is 11.8. The highest BCUT2D eigenvalue weighted by Crippen LogP contribution is 2.11. The van der Waals surface area contributed by atoms with Crippen LogP contribution in [0.5, 0.6) is 0 Å². The largest absolute Gasteiger partial charge is 0.399 e. The maximum Gasteiger partial charge on any atom is 0.250 e. The second kappa shape index (κ2) is 6.95. The van der Waals surface area contributed by atoms with Gasteiger partial charge >= 0.3 is 0 Å². The highest BCUT2D eigenvalue weighted by molar-refractivity contribution is 6.30. The van der Waals surface area contributed by atoms with Crippen LogP contribution in [0.3, 0.4) is 0 Å². The molecule has 0 bridgehead atoms. The number of nitrogen functional groups attached to an aromatic ring is 1. The zero-order valence-corrected chi connectivity index (χ0v) is 12.1. The van der Waals surface area contributed by atoms with Gasteiger partial charge in [-0.1, -0.05) is 11.6 Å². The monoisotopic (exact) mass is 305 g/mol. The van der Waals surface area contributed by atoms with Gasteiger partial charge in [-0.15, -0.1) is 0 Å². The molecule has 0 radical (unpaired) electrons. The van der Waals surface area contributed by atoms with Crippen LogP contribution in [-0.2, 0) is 11.3 Å². The Balaban J connectivity index is 1.83. The fourth-order valence-electron chi connectivity index (χ4n) is 1.88. The van der Waals surface area contributed by atoms with E-state index in [0.717, 1.165) is 0 Å². The first-order chi connectivity index (χ1) is 10.0. The summed E-state index contributed by atoms with van der Waals surface area (Å²) in [7, 11) is 0. The number of halogens is 1. The average Bonchev–Trinajstić information content (AvgIpc) is 2.45. The summed E-state index contributed by atoms with van der Waals surface area (Å²) < 4.78 is 1.50. The minimum Gasteiger partial charge on any atom is -0.399 e. The van der Waals surface area contributed by atoms with Crippen LogP contribution in [0, 0.1) is 0 Å². The van der Waals surface area contributed by atoms with Crippen LogP contribution in [0.15, 0.2) is 47.4 Å². The van der Waals surface area contributed by atoms with E-state index in [0.29, 0.717) is 35.8 Å². The van der Waals surface area contributed by atoms with Crippen LogP contribution in [-0.4, -0.2) is 10.5 Å². The number of anilines is 2. The molecule has 110 valence electrons. The summed E-state index contributed by atoms with van der Waals surface area (Å²) >= 11 is 5.83. The van der Waals surface area contributed by atoms with Crippen LogP contribution in [0.4, 0.5) is 11.4 Å². The smallest absolute Gasteiger partial charge is 0.250 e. The summed E-state index contributed by atoms with van der Waals surface area (Å²) in [4.78, 5) is 23.3. The van der Waals surface area contributed by atoms with Gasteiger partial charge in [0.2, 0.25) is 5.91 Å². The molecule has 1 amide bonds. The number of pyridine rings is 1. The van der Waals surface area contributed by atoms with Crippen LogP contribution in [0.25, 0.3) is 0 Å². The SMILES string of the molecule is Nc1ccc(NC(=O)CCCn2cc(Cl)ccc2=O)cc1. The molecule has 1 aromatic carbocycles. The van der Waals surface area contributed by atoms with Crippen LogP contribution in [0.1, 0.15) is 12.8 Å². The fourth-order valence-corrected chi connectivity index (χ4v) is 2.06. The topological polar surface area (TPSA) is 77.1 Å². The number of nitrogens with two attached hydrogens (primary N) is 1.